The van der Waals surface area contributed by atoms with Gasteiger partial charge in [0.2, 0.25) is 0 Å². The third-order valence-corrected chi connectivity index (χ3v) is 24.6. The second-order valence-corrected chi connectivity index (χ2v) is 21.7. The van der Waals surface area contributed by atoms with Gasteiger partial charge in [-0.15, -0.1) is 0 Å². The zero-order valence-electron chi connectivity index (χ0n) is 14.7. The average Bonchev–Trinajstić information content (AvgIpc) is 3.32. The van der Waals surface area contributed by atoms with E-state index in [4.69, 9.17) is 0 Å². The Morgan fingerprint density at radius 2 is 1.08 bits per heavy atom. The Morgan fingerprint density at radius 3 is 1.65 bits per heavy atom. The minimum atomic E-state index is -1.80. The van der Waals surface area contributed by atoms with Gasteiger partial charge in [-0.25, -0.2) is 0 Å². The van der Waals surface area contributed by atoms with E-state index in [0.717, 1.165) is 7.25 Å². The molecule has 0 amide bonds. The van der Waals surface area contributed by atoms with Gasteiger partial charge in [0.25, 0.3) is 0 Å². The second-order valence-electron chi connectivity index (χ2n) is 7.17. The summed E-state index contributed by atoms with van der Waals surface area (Å²) in [5.74, 6) is 0. The van der Waals surface area contributed by atoms with E-state index in [1.165, 1.54) is 11.1 Å². The first-order chi connectivity index (χ1) is 12.9. The molecule has 0 bridgehead atoms. The molecule has 0 N–H and O–H groups in total. The maximum atomic E-state index is 2.55. The van der Waals surface area contributed by atoms with Crippen molar-refractivity contribution in [1.82, 2.24) is 0 Å². The third-order valence-electron chi connectivity index (χ3n) is 5.65. The Balaban J connectivity index is 1.57. The number of rotatable bonds is 4. The number of allylic oxidation sites excluding steroid dienone is 2. The predicted octanol–water partition coefficient (Wildman–Crippen LogP) is 4.55. The van der Waals surface area contributed by atoms with E-state index >= 15 is 0 Å². The molecule has 0 saturated heterocycles. The van der Waals surface area contributed by atoms with Gasteiger partial charge in [0.05, 0.1) is 0 Å². The normalized spacial score (nSPS) is 19.8. The summed E-state index contributed by atoms with van der Waals surface area (Å²) in [6, 6.07) is 29.5. The van der Waals surface area contributed by atoms with E-state index in [9.17, 15) is 0 Å². The summed E-state index contributed by atoms with van der Waals surface area (Å²) in [4.78, 5) is 0. The SMILES string of the molecule is C1=C[CH]([Zr]([SiH2]c2ccccc2)[CH]2C=Cc3ccccc32)c2ccccc21. The molecule has 26 heavy (non-hydrogen) atoms. The molecule has 0 fully saturated rings. The second kappa shape index (κ2) is 7.10. The molecule has 3 aromatic carbocycles. The van der Waals surface area contributed by atoms with Crippen LogP contribution in [0.2, 0.25) is 0 Å². The number of hydrogen-bond acceptors (Lipinski definition) is 0. The summed E-state index contributed by atoms with van der Waals surface area (Å²) in [5.41, 5.74) is 6.10. The van der Waals surface area contributed by atoms with Crippen LogP contribution in [-0.2, 0) is 20.9 Å². The molecule has 3 aromatic rings. The molecule has 2 aliphatic rings. The first-order valence-electron chi connectivity index (χ1n) is 9.34. The Hall–Kier alpha value is -1.76. The number of fused-ring (bicyclic) bond motifs is 2. The standard InChI is InChI=1S/2C9H7.C6H7Si.Zr/c2*1-2-5-9-7-3-6-8(9)4-1;7-6-4-2-1-3-5-6;/h2*1-7H;1-5H,7H2;. The van der Waals surface area contributed by atoms with Crippen molar-refractivity contribution in [2.45, 2.75) is 7.25 Å². The number of hydrogen-bond donors (Lipinski definition) is 0. The van der Waals surface area contributed by atoms with Crippen LogP contribution in [0.25, 0.3) is 12.2 Å². The summed E-state index contributed by atoms with van der Waals surface area (Å²) < 4.78 is 1.45. The molecule has 5 rings (SSSR count). The summed E-state index contributed by atoms with van der Waals surface area (Å²) in [6.45, 7) is -0.241. The molecule has 2 aliphatic carbocycles. The first kappa shape index (κ1) is 16.4. The van der Waals surface area contributed by atoms with Crippen LogP contribution in [-0.4, -0.2) is 6.65 Å². The van der Waals surface area contributed by atoms with E-state index in [-0.39, 0.29) is 6.65 Å². The van der Waals surface area contributed by atoms with E-state index in [1.54, 1.807) is 16.3 Å². The molecule has 2 atom stereocenters. The quantitative estimate of drug-likeness (QED) is 0.535. The summed E-state index contributed by atoms with van der Waals surface area (Å²) in [5, 5.41) is 1.65. The molecule has 2 unspecified atom stereocenters. The molecule has 0 saturated carbocycles. The van der Waals surface area contributed by atoms with Crippen LogP contribution in [0.4, 0.5) is 0 Å². The zero-order valence-corrected chi connectivity index (χ0v) is 18.5. The summed E-state index contributed by atoms with van der Waals surface area (Å²) in [7, 11) is 0. The van der Waals surface area contributed by atoms with Crippen molar-refractivity contribution < 1.29 is 20.9 Å². The van der Waals surface area contributed by atoms with Crippen LogP contribution in [0.15, 0.2) is 91.0 Å². The van der Waals surface area contributed by atoms with Crippen LogP contribution in [0.3, 0.4) is 0 Å². The maximum absolute atomic E-state index is 2.55. The Bertz CT molecular complexity index is 928. The molecule has 0 aromatic heterocycles. The molecule has 0 radical (unpaired) electrons. The minimum absolute atomic E-state index is 0.241. The molecule has 125 valence electrons. The molecule has 0 aliphatic heterocycles. The van der Waals surface area contributed by atoms with Crippen molar-refractivity contribution in [2.75, 3.05) is 0 Å². The van der Waals surface area contributed by atoms with Crippen LogP contribution in [0.1, 0.15) is 29.5 Å². The monoisotopic (exact) mass is 427 g/mol. The molecule has 0 spiro atoms. The number of benzene rings is 3. The predicted molar refractivity (Wildman–Crippen MR) is 111 cm³/mol. The van der Waals surface area contributed by atoms with Crippen molar-refractivity contribution in [3.05, 3.63) is 113 Å². The third kappa shape index (κ3) is 2.96. The van der Waals surface area contributed by atoms with Crippen molar-refractivity contribution >= 4 is 24.0 Å². The molecular weight excluding hydrogens is 408 g/mol. The van der Waals surface area contributed by atoms with Gasteiger partial charge in [-0.2, -0.15) is 0 Å². The van der Waals surface area contributed by atoms with Gasteiger partial charge in [-0.3, -0.25) is 0 Å². The van der Waals surface area contributed by atoms with Crippen molar-refractivity contribution in [2.24, 2.45) is 0 Å². The Morgan fingerprint density at radius 1 is 0.577 bits per heavy atom. The Labute approximate surface area is 164 Å². The first-order valence-corrected chi connectivity index (χ1v) is 18.8. The van der Waals surface area contributed by atoms with Crippen molar-refractivity contribution in [1.29, 1.82) is 0 Å². The molecule has 2 heteroatoms. The van der Waals surface area contributed by atoms with E-state index < -0.39 is 20.9 Å². The summed E-state index contributed by atoms with van der Waals surface area (Å²) in [6.07, 6.45) is 9.85. The van der Waals surface area contributed by atoms with Gasteiger partial charge in [-0.1, -0.05) is 0 Å². The van der Waals surface area contributed by atoms with Gasteiger partial charge < -0.3 is 0 Å². The average molecular weight is 429 g/mol. The van der Waals surface area contributed by atoms with Gasteiger partial charge in [-0.05, 0) is 0 Å². The summed E-state index contributed by atoms with van der Waals surface area (Å²) >= 11 is -1.80. The van der Waals surface area contributed by atoms with Gasteiger partial charge >= 0.3 is 165 Å². The fourth-order valence-electron chi connectivity index (χ4n) is 4.39. The van der Waals surface area contributed by atoms with Crippen LogP contribution < -0.4 is 5.19 Å². The van der Waals surface area contributed by atoms with Crippen molar-refractivity contribution in [3.63, 3.8) is 0 Å². The van der Waals surface area contributed by atoms with Crippen molar-refractivity contribution in [3.8, 4) is 0 Å². The molecule has 0 nitrogen and oxygen atoms in total. The van der Waals surface area contributed by atoms with E-state index in [1.807, 2.05) is 0 Å². The van der Waals surface area contributed by atoms with Crippen LogP contribution in [0, 0.1) is 0 Å². The van der Waals surface area contributed by atoms with Gasteiger partial charge in [0.1, 0.15) is 0 Å². The van der Waals surface area contributed by atoms with Gasteiger partial charge in [0, 0.05) is 0 Å². The fourth-order valence-corrected chi connectivity index (χ4v) is 24.4. The van der Waals surface area contributed by atoms with E-state index in [0.29, 0.717) is 0 Å². The van der Waals surface area contributed by atoms with Gasteiger partial charge in [0.15, 0.2) is 0 Å². The fraction of sp³-hybridized carbons (Fsp3) is 0.0833. The topological polar surface area (TPSA) is 0 Å². The van der Waals surface area contributed by atoms with Crippen LogP contribution in [0.5, 0.6) is 0 Å². The van der Waals surface area contributed by atoms with Crippen LogP contribution >= 0.6 is 0 Å². The molecule has 0 heterocycles. The Kier molecular flexibility index (Phi) is 4.48. The molecular formula is C24H21SiZr. The zero-order chi connectivity index (χ0) is 17.3. The van der Waals surface area contributed by atoms with E-state index in [2.05, 4.69) is 103 Å².